The molecule has 1 atom stereocenters. The zero-order valence-electron chi connectivity index (χ0n) is 16.4. The molecule has 2 heterocycles. The molecule has 158 valence electrons. The molecule has 0 radical (unpaired) electrons. The van der Waals surface area contributed by atoms with Gasteiger partial charge in [-0.25, -0.2) is 27.9 Å². The standard InChI is InChI=1S/C20H19F3N4O3/c1-4-30-20(29)14-8-13-17(24-9-25-18(13)27(3)19(14)28)26-10(2)11-6-5-7-12(15(11)21)16(22)23/h5-10,16H,4H2,1-3H3,(H,24,25,26)/t10-/m1/s1. The summed E-state index contributed by atoms with van der Waals surface area (Å²) in [4.78, 5) is 32.8. The Bertz CT molecular complexity index is 1160. The molecule has 0 unspecified atom stereocenters. The third-order valence-electron chi connectivity index (χ3n) is 4.61. The largest absolute Gasteiger partial charge is 0.462 e. The van der Waals surface area contributed by atoms with Gasteiger partial charge in [0.2, 0.25) is 0 Å². The van der Waals surface area contributed by atoms with Gasteiger partial charge in [0.05, 0.1) is 23.6 Å². The molecule has 10 heteroatoms. The minimum absolute atomic E-state index is 0.0231. The zero-order valence-corrected chi connectivity index (χ0v) is 16.4. The van der Waals surface area contributed by atoms with E-state index in [0.717, 1.165) is 6.07 Å². The summed E-state index contributed by atoms with van der Waals surface area (Å²) in [6, 6.07) is 4.32. The third kappa shape index (κ3) is 3.85. The molecule has 0 aliphatic heterocycles. The molecule has 0 aliphatic rings. The van der Waals surface area contributed by atoms with Crippen LogP contribution in [0.2, 0.25) is 0 Å². The van der Waals surface area contributed by atoms with Crippen molar-refractivity contribution in [2.45, 2.75) is 26.3 Å². The number of esters is 1. The second-order valence-corrected chi connectivity index (χ2v) is 6.52. The summed E-state index contributed by atoms with van der Waals surface area (Å²) in [5.74, 6) is -1.60. The molecule has 0 spiro atoms. The quantitative estimate of drug-likeness (QED) is 0.612. The van der Waals surface area contributed by atoms with Crippen molar-refractivity contribution >= 4 is 22.8 Å². The average Bonchev–Trinajstić information content (AvgIpc) is 2.71. The van der Waals surface area contributed by atoms with E-state index in [1.54, 1.807) is 13.8 Å². The highest BCUT2D eigenvalue weighted by Crippen LogP contribution is 2.30. The van der Waals surface area contributed by atoms with Crippen LogP contribution in [0.25, 0.3) is 11.0 Å². The van der Waals surface area contributed by atoms with Crippen LogP contribution in [0.4, 0.5) is 19.0 Å². The molecule has 1 N–H and O–H groups in total. The number of nitrogens with one attached hydrogen (secondary N) is 1. The van der Waals surface area contributed by atoms with Crippen molar-refractivity contribution < 1.29 is 22.7 Å². The lowest BCUT2D eigenvalue weighted by Crippen LogP contribution is -2.26. The van der Waals surface area contributed by atoms with E-state index < -0.39 is 35.4 Å². The maximum atomic E-state index is 14.5. The summed E-state index contributed by atoms with van der Waals surface area (Å²) in [6.07, 6.45) is -1.74. The topological polar surface area (TPSA) is 86.1 Å². The smallest absolute Gasteiger partial charge is 0.343 e. The fourth-order valence-electron chi connectivity index (χ4n) is 3.09. The van der Waals surface area contributed by atoms with E-state index in [2.05, 4.69) is 15.3 Å². The van der Waals surface area contributed by atoms with Gasteiger partial charge in [0.25, 0.3) is 12.0 Å². The number of nitrogens with zero attached hydrogens (tertiary/aromatic N) is 3. The first-order valence-electron chi connectivity index (χ1n) is 9.11. The van der Waals surface area contributed by atoms with Gasteiger partial charge >= 0.3 is 5.97 Å². The SMILES string of the molecule is CCOC(=O)c1cc2c(N[C@H](C)c3cccc(C(F)F)c3F)ncnc2n(C)c1=O. The molecule has 1 aromatic carbocycles. The molecule has 3 rings (SSSR count). The summed E-state index contributed by atoms with van der Waals surface area (Å²) in [6.45, 7) is 3.28. The molecule has 0 saturated heterocycles. The maximum absolute atomic E-state index is 14.5. The molecule has 0 saturated carbocycles. The van der Waals surface area contributed by atoms with Crippen molar-refractivity contribution in [2.24, 2.45) is 7.05 Å². The van der Waals surface area contributed by atoms with Gasteiger partial charge in [-0.1, -0.05) is 18.2 Å². The molecular weight excluding hydrogens is 401 g/mol. The first-order valence-corrected chi connectivity index (χ1v) is 9.11. The number of hydrogen-bond donors (Lipinski definition) is 1. The van der Waals surface area contributed by atoms with E-state index >= 15 is 0 Å². The molecule has 0 bridgehead atoms. The molecule has 7 nitrogen and oxygen atoms in total. The van der Waals surface area contributed by atoms with Crippen molar-refractivity contribution in [1.82, 2.24) is 14.5 Å². The number of benzene rings is 1. The van der Waals surface area contributed by atoms with Crippen LogP contribution in [0.5, 0.6) is 0 Å². The van der Waals surface area contributed by atoms with Crippen molar-refractivity contribution in [3.05, 3.63) is 63.5 Å². The van der Waals surface area contributed by atoms with Gasteiger partial charge in [-0.05, 0) is 19.9 Å². The molecule has 2 aromatic heterocycles. The molecular formula is C20H19F3N4O3. The number of anilines is 1. The second kappa shape index (κ2) is 8.52. The first kappa shape index (κ1) is 21.3. The number of rotatable bonds is 6. The summed E-state index contributed by atoms with van der Waals surface area (Å²) in [5, 5.41) is 3.27. The van der Waals surface area contributed by atoms with Crippen LogP contribution in [0.3, 0.4) is 0 Å². The monoisotopic (exact) mass is 420 g/mol. The molecule has 3 aromatic rings. The Balaban J connectivity index is 2.08. The van der Waals surface area contributed by atoms with Gasteiger partial charge in [0, 0.05) is 12.6 Å². The number of halogens is 3. The highest BCUT2D eigenvalue weighted by molar-refractivity contribution is 5.96. The molecule has 0 aliphatic carbocycles. The van der Waals surface area contributed by atoms with E-state index in [1.807, 2.05) is 0 Å². The van der Waals surface area contributed by atoms with E-state index in [9.17, 15) is 22.8 Å². The van der Waals surface area contributed by atoms with Crippen LogP contribution in [0.15, 0.2) is 35.4 Å². The maximum Gasteiger partial charge on any atom is 0.343 e. The summed E-state index contributed by atoms with van der Waals surface area (Å²) in [7, 11) is 1.44. The average molecular weight is 420 g/mol. The lowest BCUT2D eigenvalue weighted by Gasteiger charge is -2.18. The van der Waals surface area contributed by atoms with Crippen LogP contribution in [-0.2, 0) is 11.8 Å². The predicted octanol–water partition coefficient (Wildman–Crippen LogP) is 3.76. The molecule has 30 heavy (non-hydrogen) atoms. The van der Waals surface area contributed by atoms with Gasteiger partial charge in [-0.2, -0.15) is 0 Å². The highest BCUT2D eigenvalue weighted by atomic mass is 19.3. The fraction of sp³-hybridized carbons (Fsp3) is 0.300. The minimum atomic E-state index is -2.95. The minimum Gasteiger partial charge on any atom is -0.462 e. The summed E-state index contributed by atoms with van der Waals surface area (Å²) >= 11 is 0. The van der Waals surface area contributed by atoms with Gasteiger partial charge in [0.15, 0.2) is 0 Å². The number of ether oxygens (including phenoxy) is 1. The Morgan fingerprint density at radius 3 is 2.63 bits per heavy atom. The summed E-state index contributed by atoms with van der Waals surface area (Å²) in [5.41, 5.74) is -1.23. The Labute approximate surface area is 169 Å². The highest BCUT2D eigenvalue weighted by Gasteiger charge is 2.22. The van der Waals surface area contributed by atoms with Crippen LogP contribution in [0.1, 0.15) is 47.8 Å². The Hall–Kier alpha value is -3.43. The number of pyridine rings is 1. The van der Waals surface area contributed by atoms with Crippen LogP contribution < -0.4 is 10.9 Å². The fourth-order valence-corrected chi connectivity index (χ4v) is 3.09. The number of aromatic nitrogens is 3. The number of fused-ring (bicyclic) bond motifs is 1. The van der Waals surface area contributed by atoms with E-state index in [-0.39, 0.29) is 29.2 Å². The normalized spacial score (nSPS) is 12.2. The number of hydrogen-bond acceptors (Lipinski definition) is 6. The van der Waals surface area contributed by atoms with Gasteiger partial charge in [0.1, 0.15) is 29.2 Å². The molecule has 0 fully saturated rings. The lowest BCUT2D eigenvalue weighted by atomic mass is 10.0. The Morgan fingerprint density at radius 2 is 1.97 bits per heavy atom. The second-order valence-electron chi connectivity index (χ2n) is 6.52. The number of alkyl halides is 2. The number of carbonyl (C=O) groups excluding carboxylic acids is 1. The van der Waals surface area contributed by atoms with Crippen LogP contribution in [0, 0.1) is 5.82 Å². The van der Waals surface area contributed by atoms with Gasteiger partial charge in [-0.15, -0.1) is 0 Å². The van der Waals surface area contributed by atoms with E-state index in [1.165, 1.54) is 36.1 Å². The predicted molar refractivity (Wildman–Crippen MR) is 104 cm³/mol. The Morgan fingerprint density at radius 1 is 1.27 bits per heavy atom. The van der Waals surface area contributed by atoms with Gasteiger partial charge < -0.3 is 10.1 Å². The van der Waals surface area contributed by atoms with Crippen molar-refractivity contribution in [3.63, 3.8) is 0 Å². The number of aryl methyl sites for hydroxylation is 1. The van der Waals surface area contributed by atoms with Crippen molar-refractivity contribution in [3.8, 4) is 0 Å². The zero-order chi connectivity index (χ0) is 22.0. The Kier molecular flexibility index (Phi) is 6.04. The van der Waals surface area contributed by atoms with Gasteiger partial charge in [-0.3, -0.25) is 9.36 Å². The molecule has 0 amide bonds. The lowest BCUT2D eigenvalue weighted by molar-refractivity contribution is 0.0524. The third-order valence-corrected chi connectivity index (χ3v) is 4.61. The van der Waals surface area contributed by atoms with E-state index in [0.29, 0.717) is 5.39 Å². The van der Waals surface area contributed by atoms with Crippen molar-refractivity contribution in [2.75, 3.05) is 11.9 Å². The first-order chi connectivity index (χ1) is 14.3. The number of carbonyl (C=O) groups is 1. The van der Waals surface area contributed by atoms with Crippen LogP contribution in [-0.4, -0.2) is 27.1 Å². The van der Waals surface area contributed by atoms with Crippen LogP contribution >= 0.6 is 0 Å². The van der Waals surface area contributed by atoms with Crippen molar-refractivity contribution in [1.29, 1.82) is 0 Å². The van der Waals surface area contributed by atoms with E-state index in [4.69, 9.17) is 4.74 Å². The summed E-state index contributed by atoms with van der Waals surface area (Å²) < 4.78 is 46.6.